The normalized spacial score (nSPS) is 17.1. The predicted molar refractivity (Wildman–Crippen MR) is 63.9 cm³/mol. The summed E-state index contributed by atoms with van der Waals surface area (Å²) in [6.45, 7) is 2.02. The predicted octanol–water partition coefficient (Wildman–Crippen LogP) is 3.62. The molecule has 86 valence electrons. The monoisotopic (exact) mass is 238 g/mol. The van der Waals surface area contributed by atoms with Crippen LogP contribution in [0.1, 0.15) is 36.3 Å². The summed E-state index contributed by atoms with van der Waals surface area (Å²) in [4.78, 5) is 10.9. The Labute approximate surface area is 100 Å². The smallest absolute Gasteiger partial charge is 0.303 e. The van der Waals surface area contributed by atoms with Gasteiger partial charge in [-0.1, -0.05) is 17.7 Å². The quantitative estimate of drug-likeness (QED) is 0.870. The molecule has 0 saturated heterocycles. The molecule has 2 nitrogen and oxygen atoms in total. The van der Waals surface area contributed by atoms with Gasteiger partial charge in [0.1, 0.15) is 0 Å². The number of carboxylic acids is 1. The molecule has 1 aliphatic rings. The Balaban J connectivity index is 2.30. The molecule has 1 atom stereocenters. The van der Waals surface area contributed by atoms with E-state index >= 15 is 0 Å². The zero-order valence-electron chi connectivity index (χ0n) is 9.24. The number of aryl methyl sites for hydroxylation is 1. The van der Waals surface area contributed by atoms with Crippen molar-refractivity contribution in [2.45, 2.75) is 32.1 Å². The molecule has 0 aliphatic heterocycles. The highest BCUT2D eigenvalue weighted by Gasteiger charge is 2.34. The molecule has 1 unspecified atom stereocenters. The number of benzene rings is 1. The molecule has 1 aromatic rings. The lowest BCUT2D eigenvalue weighted by Gasteiger charge is -2.17. The zero-order chi connectivity index (χ0) is 11.7. The first kappa shape index (κ1) is 11.5. The fourth-order valence-corrected chi connectivity index (χ4v) is 2.41. The molecule has 1 N–H and O–H groups in total. The van der Waals surface area contributed by atoms with Crippen LogP contribution in [-0.2, 0) is 4.79 Å². The Morgan fingerprint density at radius 2 is 2.25 bits per heavy atom. The molecule has 0 aromatic heterocycles. The zero-order valence-corrected chi connectivity index (χ0v) is 10.00. The molecular weight excluding hydrogens is 224 g/mol. The van der Waals surface area contributed by atoms with E-state index in [4.69, 9.17) is 16.7 Å². The summed E-state index contributed by atoms with van der Waals surface area (Å²) in [5.41, 5.74) is 2.25. The number of carboxylic acid groups (broad SMARTS) is 1. The molecule has 0 amide bonds. The van der Waals surface area contributed by atoms with Gasteiger partial charge >= 0.3 is 5.97 Å². The Morgan fingerprint density at radius 3 is 2.81 bits per heavy atom. The fraction of sp³-hybridized carbons (Fsp3) is 0.462. The van der Waals surface area contributed by atoms with Gasteiger partial charge in [-0.05, 0) is 54.9 Å². The molecule has 0 spiro atoms. The SMILES string of the molecule is Cc1ccc(Cl)cc1C(CC(=O)O)C1CC1. The largest absolute Gasteiger partial charge is 0.481 e. The standard InChI is InChI=1S/C13H15ClO2/c1-8-2-5-10(14)6-11(8)12(7-13(15)16)9-3-4-9/h2,5-6,9,12H,3-4,7H2,1H3,(H,15,16). The number of halogens is 1. The van der Waals surface area contributed by atoms with Gasteiger partial charge in [-0.25, -0.2) is 0 Å². The second-order valence-corrected chi connectivity index (χ2v) is 4.98. The first-order chi connectivity index (χ1) is 7.58. The van der Waals surface area contributed by atoms with Gasteiger partial charge in [0.15, 0.2) is 0 Å². The molecule has 2 rings (SSSR count). The molecule has 3 heteroatoms. The minimum Gasteiger partial charge on any atom is -0.481 e. The third-order valence-corrected chi connectivity index (χ3v) is 3.46. The van der Waals surface area contributed by atoms with Crippen LogP contribution in [0.4, 0.5) is 0 Å². The molecule has 0 heterocycles. The summed E-state index contributed by atoms with van der Waals surface area (Å²) in [6, 6.07) is 5.74. The van der Waals surface area contributed by atoms with Gasteiger partial charge in [0.2, 0.25) is 0 Å². The molecule has 1 aromatic carbocycles. The van der Waals surface area contributed by atoms with E-state index in [0.717, 1.165) is 24.0 Å². The number of hydrogen-bond acceptors (Lipinski definition) is 1. The maximum atomic E-state index is 10.9. The van der Waals surface area contributed by atoms with Crippen LogP contribution < -0.4 is 0 Å². The number of rotatable bonds is 4. The lowest BCUT2D eigenvalue weighted by molar-refractivity contribution is -0.137. The van der Waals surface area contributed by atoms with Crippen molar-refractivity contribution in [2.75, 3.05) is 0 Å². The summed E-state index contributed by atoms with van der Waals surface area (Å²) in [7, 11) is 0. The molecule has 16 heavy (non-hydrogen) atoms. The topological polar surface area (TPSA) is 37.3 Å². The average Bonchev–Trinajstić information content (AvgIpc) is 3.02. The third kappa shape index (κ3) is 2.56. The Bertz CT molecular complexity index is 410. The summed E-state index contributed by atoms with van der Waals surface area (Å²) >= 11 is 5.98. The van der Waals surface area contributed by atoms with Crippen LogP contribution in [0, 0.1) is 12.8 Å². The maximum Gasteiger partial charge on any atom is 0.303 e. The van der Waals surface area contributed by atoms with Crippen LogP contribution >= 0.6 is 11.6 Å². The molecule has 0 bridgehead atoms. The van der Waals surface area contributed by atoms with Gasteiger partial charge < -0.3 is 5.11 Å². The molecule has 0 radical (unpaired) electrons. The Hall–Kier alpha value is -1.02. The maximum absolute atomic E-state index is 10.9. The van der Waals surface area contributed by atoms with Crippen molar-refractivity contribution in [3.05, 3.63) is 34.3 Å². The van der Waals surface area contributed by atoms with Crippen molar-refractivity contribution in [2.24, 2.45) is 5.92 Å². The van der Waals surface area contributed by atoms with E-state index in [1.165, 1.54) is 0 Å². The molecule has 1 aliphatic carbocycles. The second-order valence-electron chi connectivity index (χ2n) is 4.54. The highest BCUT2D eigenvalue weighted by molar-refractivity contribution is 6.30. The van der Waals surface area contributed by atoms with E-state index in [0.29, 0.717) is 10.9 Å². The Kier molecular flexibility index (Phi) is 3.20. The van der Waals surface area contributed by atoms with E-state index < -0.39 is 5.97 Å². The molecular formula is C13H15ClO2. The van der Waals surface area contributed by atoms with E-state index in [1.54, 1.807) is 0 Å². The third-order valence-electron chi connectivity index (χ3n) is 3.23. The van der Waals surface area contributed by atoms with Crippen molar-refractivity contribution < 1.29 is 9.90 Å². The van der Waals surface area contributed by atoms with Gasteiger partial charge in [-0.15, -0.1) is 0 Å². The minimum atomic E-state index is -0.726. The van der Waals surface area contributed by atoms with Gasteiger partial charge in [-0.3, -0.25) is 4.79 Å². The first-order valence-electron chi connectivity index (χ1n) is 5.56. The lowest BCUT2D eigenvalue weighted by Crippen LogP contribution is -2.09. The van der Waals surface area contributed by atoms with Crippen molar-refractivity contribution in [3.63, 3.8) is 0 Å². The number of aliphatic carboxylic acids is 1. The summed E-state index contributed by atoms with van der Waals surface area (Å²) < 4.78 is 0. The first-order valence-corrected chi connectivity index (χ1v) is 5.93. The van der Waals surface area contributed by atoms with Crippen LogP contribution in [0.3, 0.4) is 0 Å². The summed E-state index contributed by atoms with van der Waals surface area (Å²) in [5, 5.41) is 9.64. The van der Waals surface area contributed by atoms with Crippen LogP contribution in [-0.4, -0.2) is 11.1 Å². The second kappa shape index (κ2) is 4.46. The van der Waals surface area contributed by atoms with E-state index in [2.05, 4.69) is 0 Å². The van der Waals surface area contributed by atoms with Crippen LogP contribution in [0.15, 0.2) is 18.2 Å². The van der Waals surface area contributed by atoms with E-state index in [9.17, 15) is 4.79 Å². The average molecular weight is 239 g/mol. The highest BCUT2D eigenvalue weighted by Crippen LogP contribution is 2.45. The van der Waals surface area contributed by atoms with Gasteiger partial charge in [0.25, 0.3) is 0 Å². The van der Waals surface area contributed by atoms with Gasteiger partial charge in [0.05, 0.1) is 6.42 Å². The fourth-order valence-electron chi connectivity index (χ4n) is 2.23. The molecule has 1 fully saturated rings. The van der Waals surface area contributed by atoms with Crippen molar-refractivity contribution in [1.82, 2.24) is 0 Å². The van der Waals surface area contributed by atoms with Crippen LogP contribution in [0.2, 0.25) is 5.02 Å². The van der Waals surface area contributed by atoms with Gasteiger partial charge in [0, 0.05) is 5.02 Å². The Morgan fingerprint density at radius 1 is 1.56 bits per heavy atom. The van der Waals surface area contributed by atoms with Crippen molar-refractivity contribution >= 4 is 17.6 Å². The van der Waals surface area contributed by atoms with Crippen molar-refractivity contribution in [1.29, 1.82) is 0 Å². The van der Waals surface area contributed by atoms with Crippen molar-refractivity contribution in [3.8, 4) is 0 Å². The van der Waals surface area contributed by atoms with Gasteiger partial charge in [-0.2, -0.15) is 0 Å². The number of carbonyl (C=O) groups is 1. The highest BCUT2D eigenvalue weighted by atomic mass is 35.5. The minimum absolute atomic E-state index is 0.135. The summed E-state index contributed by atoms with van der Waals surface area (Å²) in [5.74, 6) is -0.0549. The van der Waals surface area contributed by atoms with E-state index in [-0.39, 0.29) is 12.3 Å². The van der Waals surface area contributed by atoms with Crippen LogP contribution in [0.5, 0.6) is 0 Å². The van der Waals surface area contributed by atoms with E-state index in [1.807, 2.05) is 25.1 Å². The molecule has 1 saturated carbocycles. The summed E-state index contributed by atoms with van der Waals surface area (Å²) in [6.07, 6.45) is 2.50. The number of hydrogen-bond donors (Lipinski definition) is 1. The lowest BCUT2D eigenvalue weighted by atomic mass is 9.88. The van der Waals surface area contributed by atoms with Crippen LogP contribution in [0.25, 0.3) is 0 Å².